The molecule has 1 aromatic carbocycles. The van der Waals surface area contributed by atoms with E-state index in [2.05, 4.69) is 21.2 Å². The van der Waals surface area contributed by atoms with Crippen molar-refractivity contribution in [3.05, 3.63) is 33.8 Å². The lowest BCUT2D eigenvalue weighted by atomic mass is 9.94. The van der Waals surface area contributed by atoms with Crippen molar-refractivity contribution in [2.45, 2.75) is 32.2 Å². The van der Waals surface area contributed by atoms with E-state index in [1.807, 2.05) is 13.8 Å². The smallest absolute Gasteiger partial charge is 0.257 e. The summed E-state index contributed by atoms with van der Waals surface area (Å²) in [5.74, 6) is -2.60. The predicted octanol–water partition coefficient (Wildman–Crippen LogP) is 2.97. The second-order valence-electron chi connectivity index (χ2n) is 4.50. The van der Waals surface area contributed by atoms with Crippen LogP contribution in [0.5, 0.6) is 0 Å². The molecule has 0 unspecified atom stereocenters. The molecular formula is C13H17BrF2N2O. The van der Waals surface area contributed by atoms with Gasteiger partial charge in [-0.3, -0.25) is 4.79 Å². The highest BCUT2D eigenvalue weighted by atomic mass is 79.9. The molecule has 1 amide bonds. The summed E-state index contributed by atoms with van der Waals surface area (Å²) in [6.45, 7) is 3.97. The number of carbonyl (C=O) groups is 1. The SMILES string of the molecule is CCC(N)(CC)CNC(=O)c1c(F)cc(Br)cc1F. The number of carbonyl (C=O) groups excluding carboxylic acids is 1. The number of amides is 1. The van der Waals surface area contributed by atoms with Crippen molar-refractivity contribution in [3.63, 3.8) is 0 Å². The minimum absolute atomic E-state index is 0.174. The molecule has 0 heterocycles. The summed E-state index contributed by atoms with van der Waals surface area (Å²) in [5, 5.41) is 2.48. The second kappa shape index (κ2) is 6.43. The van der Waals surface area contributed by atoms with Gasteiger partial charge in [-0.2, -0.15) is 0 Å². The van der Waals surface area contributed by atoms with Crippen LogP contribution in [-0.4, -0.2) is 18.0 Å². The summed E-state index contributed by atoms with van der Waals surface area (Å²) in [5.41, 5.74) is 4.87. The zero-order chi connectivity index (χ0) is 14.6. The molecule has 106 valence electrons. The Balaban J connectivity index is 2.85. The Hall–Kier alpha value is -1.01. The molecule has 0 saturated heterocycles. The number of nitrogens with one attached hydrogen (secondary N) is 1. The lowest BCUT2D eigenvalue weighted by molar-refractivity contribution is 0.0933. The fraction of sp³-hybridized carbons (Fsp3) is 0.462. The lowest BCUT2D eigenvalue weighted by Gasteiger charge is -2.26. The summed E-state index contributed by atoms with van der Waals surface area (Å²) in [7, 11) is 0. The number of hydrogen-bond acceptors (Lipinski definition) is 2. The molecule has 0 radical (unpaired) electrons. The van der Waals surface area contributed by atoms with Gasteiger partial charge in [0.05, 0.1) is 0 Å². The molecule has 3 nitrogen and oxygen atoms in total. The van der Waals surface area contributed by atoms with Crippen LogP contribution in [0.4, 0.5) is 8.78 Å². The first-order valence-electron chi connectivity index (χ1n) is 6.04. The van der Waals surface area contributed by atoms with E-state index in [-0.39, 0.29) is 11.0 Å². The Morgan fingerprint density at radius 1 is 1.32 bits per heavy atom. The minimum Gasteiger partial charge on any atom is -0.350 e. The van der Waals surface area contributed by atoms with Crippen molar-refractivity contribution in [1.82, 2.24) is 5.32 Å². The molecule has 0 spiro atoms. The second-order valence-corrected chi connectivity index (χ2v) is 5.41. The van der Waals surface area contributed by atoms with Crippen molar-refractivity contribution in [3.8, 4) is 0 Å². The molecule has 6 heteroatoms. The van der Waals surface area contributed by atoms with E-state index in [9.17, 15) is 13.6 Å². The number of nitrogens with two attached hydrogens (primary N) is 1. The molecule has 0 aliphatic carbocycles. The van der Waals surface area contributed by atoms with Crippen LogP contribution in [0.15, 0.2) is 16.6 Å². The first kappa shape index (κ1) is 16.0. The van der Waals surface area contributed by atoms with Crippen molar-refractivity contribution in [1.29, 1.82) is 0 Å². The van der Waals surface area contributed by atoms with E-state index >= 15 is 0 Å². The Bertz CT molecular complexity index is 453. The van der Waals surface area contributed by atoms with Crippen LogP contribution in [-0.2, 0) is 0 Å². The number of hydrogen-bond donors (Lipinski definition) is 2. The maximum Gasteiger partial charge on any atom is 0.257 e. The van der Waals surface area contributed by atoms with Gasteiger partial charge in [-0.25, -0.2) is 8.78 Å². The highest BCUT2D eigenvalue weighted by Gasteiger charge is 2.24. The van der Waals surface area contributed by atoms with Gasteiger partial charge in [-0.05, 0) is 25.0 Å². The first-order valence-corrected chi connectivity index (χ1v) is 6.84. The molecule has 0 atom stereocenters. The molecule has 3 N–H and O–H groups in total. The zero-order valence-corrected chi connectivity index (χ0v) is 12.5. The van der Waals surface area contributed by atoms with E-state index in [4.69, 9.17) is 5.73 Å². The van der Waals surface area contributed by atoms with Gasteiger partial charge < -0.3 is 11.1 Å². The van der Waals surface area contributed by atoms with Crippen LogP contribution in [0.2, 0.25) is 0 Å². The Morgan fingerprint density at radius 3 is 2.21 bits per heavy atom. The molecule has 0 aromatic heterocycles. The molecule has 1 aromatic rings. The van der Waals surface area contributed by atoms with Gasteiger partial charge in [-0.1, -0.05) is 29.8 Å². The molecule has 0 aliphatic heterocycles. The average Bonchev–Trinajstić information content (AvgIpc) is 2.34. The zero-order valence-electron chi connectivity index (χ0n) is 10.9. The summed E-state index contributed by atoms with van der Waals surface area (Å²) >= 11 is 2.96. The van der Waals surface area contributed by atoms with Gasteiger partial charge in [0, 0.05) is 16.6 Å². The Kier molecular flexibility index (Phi) is 5.43. The topological polar surface area (TPSA) is 55.1 Å². The summed E-state index contributed by atoms with van der Waals surface area (Å²) in [6.07, 6.45) is 1.32. The van der Waals surface area contributed by atoms with Crippen molar-refractivity contribution >= 4 is 21.8 Å². The quantitative estimate of drug-likeness (QED) is 0.869. The average molecular weight is 335 g/mol. The summed E-state index contributed by atoms with van der Waals surface area (Å²) in [4.78, 5) is 11.8. The molecule has 0 saturated carbocycles. The first-order chi connectivity index (χ1) is 8.83. The standard InChI is InChI=1S/C13H17BrF2N2O/c1-3-13(17,4-2)7-18-12(19)11-9(15)5-8(14)6-10(11)16/h5-6H,3-4,7,17H2,1-2H3,(H,18,19). The molecule has 19 heavy (non-hydrogen) atoms. The van der Waals surface area contributed by atoms with Crippen molar-refractivity contribution < 1.29 is 13.6 Å². The summed E-state index contributed by atoms with van der Waals surface area (Å²) < 4.78 is 27.4. The normalized spacial score (nSPS) is 11.5. The summed E-state index contributed by atoms with van der Waals surface area (Å²) in [6, 6.07) is 2.10. The van der Waals surface area contributed by atoms with Gasteiger partial charge in [0.2, 0.25) is 0 Å². The molecular weight excluding hydrogens is 318 g/mol. The predicted molar refractivity (Wildman–Crippen MR) is 73.9 cm³/mol. The molecule has 0 aliphatic rings. The van der Waals surface area contributed by atoms with Crippen molar-refractivity contribution in [2.75, 3.05) is 6.54 Å². The van der Waals surface area contributed by atoms with Crippen LogP contribution in [0.25, 0.3) is 0 Å². The third kappa shape index (κ3) is 3.98. The lowest BCUT2D eigenvalue weighted by Crippen LogP contribution is -2.49. The maximum absolute atomic E-state index is 13.6. The van der Waals surface area contributed by atoms with E-state index in [0.717, 1.165) is 12.1 Å². The van der Waals surface area contributed by atoms with E-state index in [0.29, 0.717) is 12.8 Å². The van der Waals surface area contributed by atoms with E-state index in [1.54, 1.807) is 0 Å². The third-order valence-electron chi connectivity index (χ3n) is 3.24. The van der Waals surface area contributed by atoms with Gasteiger partial charge in [0.1, 0.15) is 17.2 Å². The third-order valence-corrected chi connectivity index (χ3v) is 3.70. The highest BCUT2D eigenvalue weighted by molar-refractivity contribution is 9.10. The molecule has 1 rings (SSSR count). The Morgan fingerprint density at radius 2 is 1.79 bits per heavy atom. The van der Waals surface area contributed by atoms with E-state index in [1.165, 1.54) is 0 Å². The van der Waals surface area contributed by atoms with Gasteiger partial charge in [0.25, 0.3) is 5.91 Å². The van der Waals surface area contributed by atoms with Crippen LogP contribution in [0, 0.1) is 11.6 Å². The molecule has 0 bridgehead atoms. The van der Waals surface area contributed by atoms with Gasteiger partial charge in [-0.15, -0.1) is 0 Å². The highest BCUT2D eigenvalue weighted by Crippen LogP contribution is 2.19. The number of rotatable bonds is 5. The van der Waals surface area contributed by atoms with Gasteiger partial charge >= 0.3 is 0 Å². The van der Waals surface area contributed by atoms with Crippen LogP contribution < -0.4 is 11.1 Å². The van der Waals surface area contributed by atoms with Crippen LogP contribution in [0.1, 0.15) is 37.0 Å². The van der Waals surface area contributed by atoms with E-state index < -0.39 is 28.6 Å². The largest absolute Gasteiger partial charge is 0.350 e. The fourth-order valence-corrected chi connectivity index (χ4v) is 2.01. The van der Waals surface area contributed by atoms with Crippen LogP contribution in [0.3, 0.4) is 0 Å². The van der Waals surface area contributed by atoms with Crippen LogP contribution >= 0.6 is 15.9 Å². The maximum atomic E-state index is 13.6. The Labute approximate surface area is 119 Å². The minimum atomic E-state index is -0.903. The number of benzene rings is 1. The fourth-order valence-electron chi connectivity index (χ4n) is 1.60. The van der Waals surface area contributed by atoms with Crippen molar-refractivity contribution in [2.24, 2.45) is 5.73 Å². The van der Waals surface area contributed by atoms with Gasteiger partial charge in [0.15, 0.2) is 0 Å². The molecule has 0 fully saturated rings. The number of halogens is 3. The monoisotopic (exact) mass is 334 g/mol.